The lowest BCUT2D eigenvalue weighted by Gasteiger charge is -2.39. The molecule has 0 radical (unpaired) electrons. The molecule has 0 aromatic rings. The van der Waals surface area contributed by atoms with E-state index >= 15 is 0 Å². The van der Waals surface area contributed by atoms with Gasteiger partial charge in [-0.1, -0.05) is 20.8 Å². The van der Waals surface area contributed by atoms with Crippen molar-refractivity contribution in [3.63, 3.8) is 0 Å². The Morgan fingerprint density at radius 3 is 1.75 bits per heavy atom. The van der Waals surface area contributed by atoms with Crippen molar-refractivity contribution in [2.45, 2.75) is 59.4 Å². The summed E-state index contributed by atoms with van der Waals surface area (Å²) in [5.41, 5.74) is 0.0878. The van der Waals surface area contributed by atoms with Gasteiger partial charge in [0.15, 0.2) is 8.32 Å². The van der Waals surface area contributed by atoms with Gasteiger partial charge in [-0.15, -0.1) is 0 Å². The van der Waals surface area contributed by atoms with Gasteiger partial charge in [-0.05, 0) is 38.9 Å². The van der Waals surface area contributed by atoms with Gasteiger partial charge >= 0.3 is 0 Å². The summed E-state index contributed by atoms with van der Waals surface area (Å²) in [6.45, 7) is 15.7. The van der Waals surface area contributed by atoms with Crippen LogP contribution in [0, 0.1) is 5.92 Å². The van der Waals surface area contributed by atoms with Crippen LogP contribution in [0.2, 0.25) is 19.6 Å². The Bertz CT molecular complexity index is 137. The molecule has 12 heavy (non-hydrogen) atoms. The molecular weight excluding hydrogens is 164 g/mol. The predicted octanol–water partition coefficient (Wildman–Crippen LogP) is 3.66. The van der Waals surface area contributed by atoms with E-state index in [4.69, 9.17) is 4.43 Å². The van der Waals surface area contributed by atoms with Crippen LogP contribution >= 0.6 is 0 Å². The molecule has 0 fully saturated rings. The third kappa shape index (κ3) is 3.72. The zero-order chi connectivity index (χ0) is 9.99. The van der Waals surface area contributed by atoms with Crippen LogP contribution in [0.25, 0.3) is 0 Å². The molecule has 0 saturated heterocycles. The Morgan fingerprint density at radius 1 is 1.25 bits per heavy atom. The lowest BCUT2D eigenvalue weighted by Crippen LogP contribution is -2.43. The van der Waals surface area contributed by atoms with Crippen LogP contribution in [0.5, 0.6) is 0 Å². The maximum Gasteiger partial charge on any atom is 0.184 e. The van der Waals surface area contributed by atoms with Crippen molar-refractivity contribution in [1.82, 2.24) is 0 Å². The highest BCUT2D eigenvalue weighted by Crippen LogP contribution is 2.28. The number of hydrogen-bond acceptors (Lipinski definition) is 1. The van der Waals surface area contributed by atoms with Crippen LogP contribution in [0.15, 0.2) is 0 Å². The second-order valence-corrected chi connectivity index (χ2v) is 9.46. The Kier molecular flexibility index (Phi) is 3.98. The predicted molar refractivity (Wildman–Crippen MR) is 58.0 cm³/mol. The van der Waals surface area contributed by atoms with Crippen molar-refractivity contribution in [2.24, 2.45) is 5.92 Å². The average molecular weight is 188 g/mol. The van der Waals surface area contributed by atoms with E-state index in [1.165, 1.54) is 0 Å². The minimum atomic E-state index is -1.38. The lowest BCUT2D eigenvalue weighted by molar-refractivity contribution is 0.0290. The quantitative estimate of drug-likeness (QED) is 0.612. The third-order valence-electron chi connectivity index (χ3n) is 2.46. The van der Waals surface area contributed by atoms with Gasteiger partial charge in [0.2, 0.25) is 0 Å². The standard InChI is InChI=1S/C10H24OSi/c1-8-10(4,9(2)3)11-12(5,6)7/h9H,8H2,1-7H3. The van der Waals surface area contributed by atoms with Gasteiger partial charge in [-0.25, -0.2) is 0 Å². The van der Waals surface area contributed by atoms with E-state index < -0.39 is 8.32 Å². The van der Waals surface area contributed by atoms with Crippen LogP contribution < -0.4 is 0 Å². The highest BCUT2D eigenvalue weighted by molar-refractivity contribution is 6.69. The first-order valence-corrected chi connectivity index (χ1v) is 8.32. The molecule has 2 heteroatoms. The third-order valence-corrected chi connectivity index (χ3v) is 3.54. The molecular formula is C10H24OSi. The molecule has 0 aliphatic carbocycles. The van der Waals surface area contributed by atoms with E-state index in [-0.39, 0.29) is 5.60 Å². The lowest BCUT2D eigenvalue weighted by atomic mass is 9.90. The molecule has 0 aromatic heterocycles. The molecule has 0 rings (SSSR count). The first kappa shape index (κ1) is 12.2. The molecule has 0 aliphatic rings. The van der Waals surface area contributed by atoms with Crippen molar-refractivity contribution in [3.05, 3.63) is 0 Å². The summed E-state index contributed by atoms with van der Waals surface area (Å²) in [6, 6.07) is 0. The molecule has 0 aromatic carbocycles. The highest BCUT2D eigenvalue weighted by atomic mass is 28.4. The Labute approximate surface area is 78.6 Å². The minimum absolute atomic E-state index is 0.0878. The molecule has 1 nitrogen and oxygen atoms in total. The summed E-state index contributed by atoms with van der Waals surface area (Å²) < 4.78 is 6.17. The summed E-state index contributed by atoms with van der Waals surface area (Å²) in [5.74, 6) is 0.606. The fraction of sp³-hybridized carbons (Fsp3) is 1.00. The summed E-state index contributed by atoms with van der Waals surface area (Å²) in [5, 5.41) is 0. The van der Waals surface area contributed by atoms with Crippen LogP contribution in [-0.2, 0) is 4.43 Å². The normalized spacial score (nSPS) is 18.0. The molecule has 74 valence electrons. The maximum atomic E-state index is 6.17. The van der Waals surface area contributed by atoms with Gasteiger partial charge in [0, 0.05) is 0 Å². The fourth-order valence-corrected chi connectivity index (χ4v) is 3.08. The monoisotopic (exact) mass is 188 g/mol. The molecule has 0 bridgehead atoms. The van der Waals surface area contributed by atoms with E-state index in [1.807, 2.05) is 0 Å². The molecule has 1 unspecified atom stereocenters. The average Bonchev–Trinajstić information content (AvgIpc) is 1.83. The van der Waals surface area contributed by atoms with Crippen molar-refractivity contribution < 1.29 is 4.43 Å². The van der Waals surface area contributed by atoms with Crippen LogP contribution in [-0.4, -0.2) is 13.9 Å². The van der Waals surface area contributed by atoms with Crippen LogP contribution in [0.3, 0.4) is 0 Å². The van der Waals surface area contributed by atoms with Crippen molar-refractivity contribution in [3.8, 4) is 0 Å². The van der Waals surface area contributed by atoms with Gasteiger partial charge in [0.1, 0.15) is 0 Å². The van der Waals surface area contributed by atoms with E-state index in [0.717, 1.165) is 6.42 Å². The highest BCUT2D eigenvalue weighted by Gasteiger charge is 2.32. The van der Waals surface area contributed by atoms with E-state index in [2.05, 4.69) is 47.3 Å². The molecule has 0 spiro atoms. The van der Waals surface area contributed by atoms with E-state index in [9.17, 15) is 0 Å². The minimum Gasteiger partial charge on any atom is -0.412 e. The molecule has 1 atom stereocenters. The molecule has 0 N–H and O–H groups in total. The first-order chi connectivity index (χ1) is 5.21. The molecule has 0 amide bonds. The van der Waals surface area contributed by atoms with Crippen LogP contribution in [0.1, 0.15) is 34.1 Å². The van der Waals surface area contributed by atoms with Crippen molar-refractivity contribution in [1.29, 1.82) is 0 Å². The number of hydrogen-bond donors (Lipinski definition) is 0. The maximum absolute atomic E-state index is 6.17. The van der Waals surface area contributed by atoms with Gasteiger partial charge in [-0.2, -0.15) is 0 Å². The van der Waals surface area contributed by atoms with Gasteiger partial charge < -0.3 is 4.43 Å². The zero-order valence-corrected chi connectivity index (χ0v) is 10.7. The Hall–Kier alpha value is 0.177. The van der Waals surface area contributed by atoms with Gasteiger partial charge in [-0.3, -0.25) is 0 Å². The van der Waals surface area contributed by atoms with Crippen LogP contribution in [0.4, 0.5) is 0 Å². The smallest absolute Gasteiger partial charge is 0.184 e. The molecule has 0 aliphatic heterocycles. The second kappa shape index (κ2) is 3.92. The summed E-state index contributed by atoms with van der Waals surface area (Å²) in [7, 11) is -1.38. The molecule has 0 heterocycles. The van der Waals surface area contributed by atoms with Gasteiger partial charge in [0.25, 0.3) is 0 Å². The zero-order valence-electron chi connectivity index (χ0n) is 9.69. The first-order valence-electron chi connectivity index (χ1n) is 4.91. The topological polar surface area (TPSA) is 9.23 Å². The fourth-order valence-electron chi connectivity index (χ4n) is 1.30. The summed E-state index contributed by atoms with van der Waals surface area (Å²) in [4.78, 5) is 0. The van der Waals surface area contributed by atoms with Crippen molar-refractivity contribution in [2.75, 3.05) is 0 Å². The summed E-state index contributed by atoms with van der Waals surface area (Å²) in [6.07, 6.45) is 1.11. The van der Waals surface area contributed by atoms with E-state index in [0.29, 0.717) is 5.92 Å². The Balaban J connectivity index is 4.35. The number of rotatable bonds is 4. The Morgan fingerprint density at radius 2 is 1.67 bits per heavy atom. The SMILES string of the molecule is CCC(C)(O[Si](C)(C)C)C(C)C. The van der Waals surface area contributed by atoms with E-state index in [1.54, 1.807) is 0 Å². The largest absolute Gasteiger partial charge is 0.412 e. The second-order valence-electron chi connectivity index (χ2n) is 5.04. The molecule has 0 saturated carbocycles. The van der Waals surface area contributed by atoms with Crippen molar-refractivity contribution >= 4 is 8.32 Å². The van der Waals surface area contributed by atoms with Gasteiger partial charge in [0.05, 0.1) is 5.60 Å². The summed E-state index contributed by atoms with van der Waals surface area (Å²) >= 11 is 0.